The third kappa shape index (κ3) is 3.76. The van der Waals surface area contributed by atoms with E-state index < -0.39 is 0 Å². The Labute approximate surface area is 99.0 Å². The zero-order valence-electron chi connectivity index (χ0n) is 8.53. The molecule has 0 amide bonds. The van der Waals surface area contributed by atoms with Crippen LogP contribution in [0.4, 0.5) is 0 Å². The first-order valence-electron chi connectivity index (χ1n) is 4.68. The molecule has 0 saturated carbocycles. The minimum Gasteiger partial charge on any atom is -0.496 e. The van der Waals surface area contributed by atoms with Crippen LogP contribution in [-0.2, 0) is 4.79 Å². The quantitative estimate of drug-likeness (QED) is 0.436. The van der Waals surface area contributed by atoms with Crippen LogP contribution in [0.15, 0.2) is 23.1 Å². The zero-order chi connectivity index (χ0) is 11.1. The second kappa shape index (κ2) is 6.75. The summed E-state index contributed by atoms with van der Waals surface area (Å²) in [4.78, 5) is 11.1. The Morgan fingerprint density at radius 2 is 2.33 bits per heavy atom. The summed E-state index contributed by atoms with van der Waals surface area (Å²) in [6.07, 6.45) is 2.40. The number of unbranched alkanes of at least 4 members (excludes halogenated alkanes) is 1. The molecule has 82 valence electrons. The number of thioether (sulfide) groups is 1. The van der Waals surface area contributed by atoms with E-state index in [1.807, 2.05) is 18.2 Å². The average Bonchev–Trinajstić information content (AvgIpc) is 2.26. The summed E-state index contributed by atoms with van der Waals surface area (Å²) < 4.78 is 5.21. The van der Waals surface area contributed by atoms with Crippen LogP contribution in [0.5, 0.6) is 5.75 Å². The highest BCUT2D eigenvalue weighted by molar-refractivity contribution is 7.99. The van der Waals surface area contributed by atoms with Crippen molar-refractivity contribution < 1.29 is 9.53 Å². The first-order chi connectivity index (χ1) is 7.29. The molecule has 4 heteroatoms. The summed E-state index contributed by atoms with van der Waals surface area (Å²) in [6, 6.07) is 5.58. The highest BCUT2D eigenvalue weighted by Gasteiger charge is 2.07. The lowest BCUT2D eigenvalue weighted by Crippen LogP contribution is -1.88. The van der Waals surface area contributed by atoms with Gasteiger partial charge in [-0.05, 0) is 24.3 Å². The van der Waals surface area contributed by atoms with Gasteiger partial charge in [-0.3, -0.25) is 0 Å². The Morgan fingerprint density at radius 1 is 1.53 bits per heavy atom. The van der Waals surface area contributed by atoms with Crippen LogP contribution in [0.1, 0.15) is 12.8 Å². The lowest BCUT2D eigenvalue weighted by atomic mass is 10.3. The fourth-order valence-electron chi connectivity index (χ4n) is 1.13. The first kappa shape index (κ1) is 12.4. The molecule has 1 rings (SSSR count). The van der Waals surface area contributed by atoms with Crippen LogP contribution in [0.25, 0.3) is 0 Å². The van der Waals surface area contributed by atoms with Crippen molar-refractivity contribution in [1.82, 2.24) is 0 Å². The third-order valence-electron chi connectivity index (χ3n) is 1.86. The van der Waals surface area contributed by atoms with E-state index >= 15 is 0 Å². The molecule has 0 aliphatic carbocycles. The molecule has 0 spiro atoms. The normalized spacial score (nSPS) is 10.0. The van der Waals surface area contributed by atoms with Crippen molar-refractivity contribution in [2.24, 2.45) is 0 Å². The molecule has 0 aliphatic heterocycles. The van der Waals surface area contributed by atoms with Crippen molar-refractivity contribution in [3.05, 3.63) is 23.2 Å². The second-order valence-electron chi connectivity index (χ2n) is 2.93. The average molecular weight is 245 g/mol. The molecule has 0 bridgehead atoms. The molecule has 0 saturated heterocycles. The largest absolute Gasteiger partial charge is 0.496 e. The highest BCUT2D eigenvalue weighted by atomic mass is 35.5. The number of carbonyl (C=O) groups is 1. The Balaban J connectivity index is 2.61. The summed E-state index contributed by atoms with van der Waals surface area (Å²) >= 11 is 7.67. The van der Waals surface area contributed by atoms with Crippen molar-refractivity contribution in [3.8, 4) is 5.75 Å². The number of hydrogen-bond acceptors (Lipinski definition) is 3. The maximum Gasteiger partial charge on any atom is 0.133 e. The molecule has 0 heterocycles. The molecule has 0 aromatic heterocycles. The molecule has 0 fully saturated rings. The van der Waals surface area contributed by atoms with Gasteiger partial charge in [-0.15, -0.1) is 11.8 Å². The second-order valence-corrected chi connectivity index (χ2v) is 4.44. The van der Waals surface area contributed by atoms with Gasteiger partial charge in [0.05, 0.1) is 17.0 Å². The predicted octanol–water partition coefficient (Wildman–Crippen LogP) is 3.42. The Kier molecular flexibility index (Phi) is 5.58. The van der Waals surface area contributed by atoms with Crippen molar-refractivity contribution in [3.63, 3.8) is 0 Å². The van der Waals surface area contributed by atoms with E-state index in [2.05, 4.69) is 0 Å². The lowest BCUT2D eigenvalue weighted by molar-refractivity contribution is -0.107. The van der Waals surface area contributed by atoms with Gasteiger partial charge in [0.15, 0.2) is 0 Å². The minimum absolute atomic E-state index is 0.597. The summed E-state index contributed by atoms with van der Waals surface area (Å²) in [5.74, 6) is 1.66. The minimum atomic E-state index is 0.597. The zero-order valence-corrected chi connectivity index (χ0v) is 10.1. The molecule has 15 heavy (non-hydrogen) atoms. The number of methoxy groups -OCH3 is 1. The number of hydrogen-bond donors (Lipinski definition) is 0. The summed E-state index contributed by atoms with van der Waals surface area (Å²) in [5, 5.41) is 0.699. The van der Waals surface area contributed by atoms with Crippen LogP contribution in [0.2, 0.25) is 5.02 Å². The topological polar surface area (TPSA) is 26.3 Å². The van der Waals surface area contributed by atoms with Gasteiger partial charge >= 0.3 is 0 Å². The molecule has 2 nitrogen and oxygen atoms in total. The highest BCUT2D eigenvalue weighted by Crippen LogP contribution is 2.35. The van der Waals surface area contributed by atoms with Gasteiger partial charge in [0, 0.05) is 6.42 Å². The number of rotatable bonds is 6. The molecule has 1 aromatic rings. The maximum absolute atomic E-state index is 10.1. The van der Waals surface area contributed by atoms with Crippen LogP contribution < -0.4 is 4.74 Å². The van der Waals surface area contributed by atoms with Crippen LogP contribution in [0.3, 0.4) is 0 Å². The van der Waals surface area contributed by atoms with E-state index in [4.69, 9.17) is 16.3 Å². The van der Waals surface area contributed by atoms with Gasteiger partial charge in [-0.2, -0.15) is 0 Å². The van der Waals surface area contributed by atoms with E-state index in [-0.39, 0.29) is 0 Å². The lowest BCUT2D eigenvalue weighted by Gasteiger charge is -2.08. The molecule has 0 radical (unpaired) electrons. The smallest absolute Gasteiger partial charge is 0.133 e. The Morgan fingerprint density at radius 3 is 3.00 bits per heavy atom. The fourth-order valence-corrected chi connectivity index (χ4v) is 2.47. The Bertz CT molecular complexity index is 328. The fraction of sp³-hybridized carbons (Fsp3) is 0.364. The third-order valence-corrected chi connectivity index (χ3v) is 3.49. The number of halogens is 1. The van der Waals surface area contributed by atoms with Gasteiger partial charge in [-0.25, -0.2) is 0 Å². The van der Waals surface area contributed by atoms with E-state index in [1.54, 1.807) is 18.9 Å². The molecule has 0 atom stereocenters. The van der Waals surface area contributed by atoms with E-state index in [0.29, 0.717) is 11.4 Å². The van der Waals surface area contributed by atoms with Crippen molar-refractivity contribution in [1.29, 1.82) is 0 Å². The van der Waals surface area contributed by atoms with Gasteiger partial charge in [0.25, 0.3) is 0 Å². The van der Waals surface area contributed by atoms with E-state index in [9.17, 15) is 4.79 Å². The van der Waals surface area contributed by atoms with Gasteiger partial charge in [0.1, 0.15) is 12.0 Å². The molecule has 1 aromatic carbocycles. The van der Waals surface area contributed by atoms with E-state index in [0.717, 1.165) is 29.1 Å². The predicted molar refractivity (Wildman–Crippen MR) is 64.0 cm³/mol. The molecule has 0 unspecified atom stereocenters. The van der Waals surface area contributed by atoms with Gasteiger partial charge in [-0.1, -0.05) is 17.7 Å². The first-order valence-corrected chi connectivity index (χ1v) is 6.05. The van der Waals surface area contributed by atoms with E-state index in [1.165, 1.54) is 0 Å². The number of carbonyl (C=O) groups excluding carboxylic acids is 1. The SMILES string of the molecule is COc1cccc(Cl)c1SCCCC=O. The molecular formula is C11H13ClO2S. The monoisotopic (exact) mass is 244 g/mol. The standard InChI is InChI=1S/C11H13ClO2S/c1-14-10-6-4-5-9(12)11(10)15-8-3-2-7-13/h4-7H,2-3,8H2,1H3. The number of benzene rings is 1. The van der Waals surface area contributed by atoms with Gasteiger partial charge in [0.2, 0.25) is 0 Å². The summed E-state index contributed by atoms with van der Waals surface area (Å²) in [5.41, 5.74) is 0. The molecule has 0 N–H and O–H groups in total. The summed E-state index contributed by atoms with van der Waals surface area (Å²) in [7, 11) is 1.63. The Hall–Kier alpha value is -0.670. The van der Waals surface area contributed by atoms with Crippen molar-refractivity contribution in [2.75, 3.05) is 12.9 Å². The van der Waals surface area contributed by atoms with Crippen LogP contribution in [-0.4, -0.2) is 19.1 Å². The van der Waals surface area contributed by atoms with Crippen LogP contribution in [0, 0.1) is 0 Å². The molecule has 0 aliphatic rings. The van der Waals surface area contributed by atoms with Crippen LogP contribution >= 0.6 is 23.4 Å². The van der Waals surface area contributed by atoms with Crippen molar-refractivity contribution in [2.45, 2.75) is 17.7 Å². The van der Waals surface area contributed by atoms with Crippen molar-refractivity contribution >= 4 is 29.6 Å². The van der Waals surface area contributed by atoms with Gasteiger partial charge < -0.3 is 9.53 Å². The number of ether oxygens (including phenoxy) is 1. The maximum atomic E-state index is 10.1. The summed E-state index contributed by atoms with van der Waals surface area (Å²) in [6.45, 7) is 0. The molecular weight excluding hydrogens is 232 g/mol. The number of aldehydes is 1.